The molecule has 24 heavy (non-hydrogen) atoms. The van der Waals surface area contributed by atoms with Gasteiger partial charge >= 0.3 is 0 Å². The van der Waals surface area contributed by atoms with Crippen molar-refractivity contribution in [3.05, 3.63) is 34.4 Å². The number of rotatable bonds is 4. The fourth-order valence-electron chi connectivity index (χ4n) is 1.86. The van der Waals surface area contributed by atoms with Gasteiger partial charge in [0.1, 0.15) is 0 Å². The van der Waals surface area contributed by atoms with Gasteiger partial charge in [-0.05, 0) is 12.1 Å². The van der Waals surface area contributed by atoms with E-state index in [0.29, 0.717) is 0 Å². The maximum atomic E-state index is 12.0. The molecule has 1 rings (SSSR count). The van der Waals surface area contributed by atoms with Crippen LogP contribution in [0.1, 0.15) is 41.4 Å². The Bertz CT molecular complexity index is 736. The fraction of sp³-hybridized carbons (Fsp3) is 0.143. The van der Waals surface area contributed by atoms with E-state index in [1.54, 1.807) is 0 Å². The van der Waals surface area contributed by atoms with Gasteiger partial charge in [-0.2, -0.15) is 10.5 Å². The Morgan fingerprint density at radius 1 is 0.708 bits per heavy atom. The van der Waals surface area contributed by atoms with Crippen LogP contribution in [0.25, 0.3) is 0 Å². The number of hydrogen-bond donors (Lipinski definition) is 4. The smallest absolute Gasteiger partial charge is 0.265 e. The number of carbonyl (C=O) groups excluding carboxylic acids is 4. The van der Waals surface area contributed by atoms with Gasteiger partial charge in [-0.1, -0.05) is 0 Å². The van der Waals surface area contributed by atoms with Gasteiger partial charge in [0.05, 0.1) is 22.3 Å². The van der Waals surface area contributed by atoms with Crippen LogP contribution in [0.4, 0.5) is 0 Å². The highest BCUT2D eigenvalue weighted by molar-refractivity contribution is 6.14. The predicted octanol–water partition coefficient (Wildman–Crippen LogP) is -1.17. The van der Waals surface area contributed by atoms with Crippen molar-refractivity contribution in [2.24, 2.45) is 0 Å². The van der Waals surface area contributed by atoms with Crippen molar-refractivity contribution in [3.63, 3.8) is 0 Å². The maximum absolute atomic E-state index is 12.0. The van der Waals surface area contributed by atoms with Crippen molar-refractivity contribution in [2.75, 3.05) is 14.1 Å². The normalized spacial score (nSPS) is 9.00. The minimum atomic E-state index is -0.964. The summed E-state index contributed by atoms with van der Waals surface area (Å²) in [5.74, 6) is -3.28. The lowest BCUT2D eigenvalue weighted by Crippen LogP contribution is -2.30. The summed E-state index contributed by atoms with van der Waals surface area (Å²) < 4.78 is 0. The summed E-state index contributed by atoms with van der Waals surface area (Å²) in [6, 6.07) is 2.00. The molecule has 1 aromatic carbocycles. The summed E-state index contributed by atoms with van der Waals surface area (Å²) >= 11 is 0. The largest absolute Gasteiger partial charge is 0.355 e. The van der Waals surface area contributed by atoms with E-state index in [1.807, 2.05) is 10.6 Å². The molecule has 0 radical (unpaired) electrons. The molecule has 4 N–H and O–H groups in total. The van der Waals surface area contributed by atoms with Crippen molar-refractivity contribution in [2.45, 2.75) is 0 Å². The molecule has 4 amide bonds. The summed E-state index contributed by atoms with van der Waals surface area (Å²) in [5, 5.41) is 25.4. The van der Waals surface area contributed by atoms with Crippen molar-refractivity contribution >= 4 is 23.6 Å². The molecule has 0 aliphatic heterocycles. The standard InChI is InChI=1S/C14H12N6O4/c1-17-11(21)7-3-9(13(23)19-5-15)10(14(24)20-6-16)4-8(7)12(22)18-2/h3-4H,1-2H3,(H,17,21)(H,18,22)(H,19,23)(H,20,24). The Morgan fingerprint density at radius 2 is 1.00 bits per heavy atom. The van der Waals surface area contributed by atoms with Crippen LogP contribution in [-0.2, 0) is 0 Å². The van der Waals surface area contributed by atoms with Crippen LogP contribution >= 0.6 is 0 Å². The molecule has 0 saturated carbocycles. The molecule has 1 aromatic rings. The third-order valence-corrected chi connectivity index (χ3v) is 2.93. The summed E-state index contributed by atoms with van der Waals surface area (Å²) in [6.45, 7) is 0. The van der Waals surface area contributed by atoms with E-state index < -0.39 is 23.6 Å². The number of carbonyl (C=O) groups is 4. The van der Waals surface area contributed by atoms with Gasteiger partial charge in [0.25, 0.3) is 23.6 Å². The van der Waals surface area contributed by atoms with E-state index in [2.05, 4.69) is 10.6 Å². The zero-order valence-electron chi connectivity index (χ0n) is 12.7. The molecule has 0 unspecified atom stereocenters. The van der Waals surface area contributed by atoms with Crippen LogP contribution in [0, 0.1) is 22.9 Å². The van der Waals surface area contributed by atoms with Crippen LogP contribution in [0.5, 0.6) is 0 Å². The molecule has 122 valence electrons. The summed E-state index contributed by atoms with van der Waals surface area (Å²) in [7, 11) is 2.64. The molecule has 10 nitrogen and oxygen atoms in total. The first kappa shape index (κ1) is 18.1. The van der Waals surface area contributed by atoms with Crippen molar-refractivity contribution in [3.8, 4) is 12.4 Å². The lowest BCUT2D eigenvalue weighted by atomic mass is 9.96. The van der Waals surface area contributed by atoms with Gasteiger partial charge in [-0.25, -0.2) is 0 Å². The van der Waals surface area contributed by atoms with Gasteiger partial charge in [0.2, 0.25) is 0 Å². The minimum Gasteiger partial charge on any atom is -0.355 e. The van der Waals surface area contributed by atoms with Crippen molar-refractivity contribution < 1.29 is 19.2 Å². The Morgan fingerprint density at radius 3 is 1.25 bits per heavy atom. The average molecular weight is 328 g/mol. The van der Waals surface area contributed by atoms with Gasteiger partial charge in [0, 0.05) is 14.1 Å². The van der Waals surface area contributed by atoms with Gasteiger partial charge in [0.15, 0.2) is 12.4 Å². The van der Waals surface area contributed by atoms with Crippen LogP contribution in [-0.4, -0.2) is 37.7 Å². The van der Waals surface area contributed by atoms with E-state index in [9.17, 15) is 19.2 Å². The van der Waals surface area contributed by atoms with Gasteiger partial charge < -0.3 is 10.6 Å². The molecular weight excluding hydrogens is 316 g/mol. The Balaban J connectivity index is 3.73. The molecular formula is C14H12N6O4. The van der Waals surface area contributed by atoms with Crippen LogP contribution in [0.15, 0.2) is 12.1 Å². The van der Waals surface area contributed by atoms with E-state index in [0.717, 1.165) is 12.1 Å². The lowest BCUT2D eigenvalue weighted by molar-refractivity contribution is 0.0922. The third kappa shape index (κ3) is 3.64. The SMILES string of the molecule is CNC(=O)c1cc(C(=O)NC#N)c(C(=O)NC#N)cc1C(=O)NC. The Kier molecular flexibility index (Phi) is 5.98. The average Bonchev–Trinajstić information content (AvgIpc) is 2.59. The number of hydrogen-bond acceptors (Lipinski definition) is 6. The molecule has 0 spiro atoms. The maximum Gasteiger partial charge on any atom is 0.265 e. The summed E-state index contributed by atoms with van der Waals surface area (Å²) in [5.41, 5.74) is -1.02. The molecule has 0 bridgehead atoms. The molecule has 0 fully saturated rings. The highest BCUT2D eigenvalue weighted by Crippen LogP contribution is 2.18. The number of nitrogens with zero attached hydrogens (tertiary/aromatic N) is 2. The van der Waals surface area contributed by atoms with Crippen molar-refractivity contribution in [1.82, 2.24) is 21.3 Å². The Hall–Kier alpha value is -3.92. The highest BCUT2D eigenvalue weighted by Gasteiger charge is 2.25. The van der Waals surface area contributed by atoms with E-state index in [1.165, 1.54) is 26.5 Å². The van der Waals surface area contributed by atoms with E-state index in [4.69, 9.17) is 10.5 Å². The second kappa shape index (κ2) is 7.91. The predicted molar refractivity (Wildman–Crippen MR) is 79.4 cm³/mol. The first-order chi connectivity index (χ1) is 11.4. The quantitative estimate of drug-likeness (QED) is 0.401. The molecule has 0 saturated heterocycles. The van der Waals surface area contributed by atoms with Crippen LogP contribution in [0.3, 0.4) is 0 Å². The molecule has 10 heteroatoms. The monoisotopic (exact) mass is 328 g/mol. The number of amides is 4. The molecule has 0 aliphatic carbocycles. The highest BCUT2D eigenvalue weighted by atomic mass is 16.2. The third-order valence-electron chi connectivity index (χ3n) is 2.93. The lowest BCUT2D eigenvalue weighted by Gasteiger charge is -2.13. The first-order valence-electron chi connectivity index (χ1n) is 6.42. The number of nitriles is 2. The van der Waals surface area contributed by atoms with Gasteiger partial charge in [-0.3, -0.25) is 29.8 Å². The van der Waals surface area contributed by atoms with Crippen LogP contribution < -0.4 is 21.3 Å². The molecule has 0 aromatic heterocycles. The Labute approximate surface area is 136 Å². The molecule has 0 atom stereocenters. The minimum absolute atomic E-state index is 0.173. The second-order valence-electron chi connectivity index (χ2n) is 4.23. The first-order valence-corrected chi connectivity index (χ1v) is 6.42. The van der Waals surface area contributed by atoms with E-state index >= 15 is 0 Å². The fourth-order valence-corrected chi connectivity index (χ4v) is 1.86. The second-order valence-corrected chi connectivity index (χ2v) is 4.23. The van der Waals surface area contributed by atoms with Gasteiger partial charge in [-0.15, -0.1) is 0 Å². The van der Waals surface area contributed by atoms with Crippen LogP contribution in [0.2, 0.25) is 0 Å². The number of nitrogens with one attached hydrogen (secondary N) is 4. The molecule has 0 heterocycles. The van der Waals surface area contributed by atoms with Crippen molar-refractivity contribution in [1.29, 1.82) is 10.5 Å². The van der Waals surface area contributed by atoms with E-state index in [-0.39, 0.29) is 22.3 Å². The zero-order valence-corrected chi connectivity index (χ0v) is 12.7. The summed E-state index contributed by atoms with van der Waals surface area (Å²) in [6.07, 6.45) is 2.80. The summed E-state index contributed by atoms with van der Waals surface area (Å²) in [4.78, 5) is 47.8. The molecule has 0 aliphatic rings. The zero-order chi connectivity index (χ0) is 18.3. The topological polar surface area (TPSA) is 164 Å². The number of benzene rings is 1.